The van der Waals surface area contributed by atoms with Gasteiger partial charge in [-0.15, -0.1) is 0 Å². The third kappa shape index (κ3) is 27.6. The van der Waals surface area contributed by atoms with Gasteiger partial charge in [0.1, 0.15) is 0 Å². The molecule has 0 aliphatic carbocycles. The summed E-state index contributed by atoms with van der Waals surface area (Å²) in [7, 11) is 0.843. The molecule has 2 N–H and O–H groups in total. The molecule has 0 aliphatic heterocycles. The van der Waals surface area contributed by atoms with Crippen LogP contribution in [0.1, 0.15) is 185 Å². The Hall–Kier alpha value is -2.66. The Morgan fingerprint density at radius 3 is 1.49 bits per heavy atom. The lowest BCUT2D eigenvalue weighted by Gasteiger charge is -2.35. The predicted molar refractivity (Wildman–Crippen MR) is 234 cm³/mol. The molecule has 0 bridgehead atoms. The minimum absolute atomic E-state index is 0. The van der Waals surface area contributed by atoms with E-state index >= 15 is 0 Å². The predicted octanol–water partition coefficient (Wildman–Crippen LogP) is 8.37. The number of hydrogen-bond acceptors (Lipinski definition) is 7. The van der Waals surface area contributed by atoms with Gasteiger partial charge in [0.2, 0.25) is 0 Å². The number of unbranched alkanes of at least 4 members (excludes halogenated alkanes) is 20. The van der Waals surface area contributed by atoms with Crippen molar-refractivity contribution >= 4 is 24.2 Å². The summed E-state index contributed by atoms with van der Waals surface area (Å²) in [6.45, 7) is 11.9. The van der Waals surface area contributed by atoms with Crippen LogP contribution in [0.25, 0.3) is 0 Å². The Morgan fingerprint density at radius 1 is 0.614 bits per heavy atom. The van der Waals surface area contributed by atoms with Crippen molar-refractivity contribution in [2.75, 3.05) is 39.9 Å². The van der Waals surface area contributed by atoms with Crippen LogP contribution in [0.2, 0.25) is 0 Å². The molecule has 0 radical (unpaired) electrons. The number of halogens is 1. The van der Waals surface area contributed by atoms with Crippen molar-refractivity contribution in [2.45, 2.75) is 175 Å². The molecule has 0 unspecified atom stereocenters. The fourth-order valence-corrected chi connectivity index (χ4v) is 7.13. The van der Waals surface area contributed by atoms with Crippen LogP contribution in [0.5, 0.6) is 5.75 Å². The highest BCUT2D eigenvalue weighted by atomic mass is 35.5. The maximum atomic E-state index is 12.1. The zero-order valence-electron chi connectivity index (χ0n) is 36.4. The molecule has 326 valence electrons. The number of nitro groups is 1. The normalized spacial score (nSPS) is 11.0. The number of carbonyl (C=O) groups excluding carboxylic acids is 1. The monoisotopic (exact) mass is 819 g/mol. The average Bonchev–Trinajstić information content (AvgIpc) is 3.20. The van der Waals surface area contributed by atoms with Gasteiger partial charge in [-0.1, -0.05) is 154 Å². The number of carbonyl (C=O) groups is 1. The zero-order valence-corrected chi connectivity index (χ0v) is 37.2. The average molecular weight is 819 g/mol. The summed E-state index contributed by atoms with van der Waals surface area (Å²) in [5.41, 5.74) is 0.264. The van der Waals surface area contributed by atoms with Crippen LogP contribution in [-0.2, 0) is 4.74 Å². The highest BCUT2D eigenvalue weighted by molar-refractivity contribution is 6.60. The van der Waals surface area contributed by atoms with Gasteiger partial charge in [-0.25, -0.2) is 4.79 Å². The molecule has 0 spiro atoms. The summed E-state index contributed by atoms with van der Waals surface area (Å²) < 4.78 is 12.1. The minimum Gasteiger partial charge on any atom is -1.00 e. The minimum atomic E-state index is -1.72. The maximum Gasteiger partial charge on any atom is 0.489 e. The van der Waals surface area contributed by atoms with Crippen LogP contribution in [0.3, 0.4) is 0 Å². The second-order valence-electron chi connectivity index (χ2n) is 15.9. The van der Waals surface area contributed by atoms with Crippen LogP contribution in [-0.4, -0.2) is 72.4 Å². The van der Waals surface area contributed by atoms with Gasteiger partial charge in [0, 0.05) is 6.07 Å². The van der Waals surface area contributed by atoms with Crippen LogP contribution >= 0.6 is 0 Å². The number of nitrogens with zero attached hydrogens (tertiary/aromatic N) is 2. The highest BCUT2D eigenvalue weighted by Gasteiger charge is 2.21. The van der Waals surface area contributed by atoms with Gasteiger partial charge < -0.3 is 36.4 Å². The molecule has 0 aliphatic rings. The Balaban J connectivity index is 0.00000109. The molecule has 0 amide bonds. The smallest absolute Gasteiger partial charge is 0.489 e. The first-order chi connectivity index (χ1) is 27.2. The maximum absolute atomic E-state index is 12.1. The molecule has 0 saturated carbocycles. The van der Waals surface area contributed by atoms with Crippen molar-refractivity contribution in [3.05, 3.63) is 64.2 Å². The number of hydrogen-bond donors (Lipinski definition) is 2. The molecule has 2 aromatic rings. The Bertz CT molecular complexity index is 1230. The van der Waals surface area contributed by atoms with E-state index in [9.17, 15) is 25.0 Å². The van der Waals surface area contributed by atoms with Crippen molar-refractivity contribution in [3.63, 3.8) is 0 Å². The lowest BCUT2D eigenvalue weighted by molar-refractivity contribution is -0.910. The lowest BCUT2D eigenvalue weighted by Crippen LogP contribution is -3.00. The van der Waals surface area contributed by atoms with E-state index in [1.807, 2.05) is 0 Å². The van der Waals surface area contributed by atoms with E-state index in [1.54, 1.807) is 30.3 Å². The molecular weight excluding hydrogens is 739 g/mol. The summed E-state index contributed by atoms with van der Waals surface area (Å²) in [5.74, 6) is -0.273. The van der Waals surface area contributed by atoms with E-state index in [0.29, 0.717) is 12.4 Å². The molecule has 0 aromatic heterocycles. The SMILES string of the molecule is CCCCCCCC[N+](C)(CCCCCCCC)CCCCCCCC.O=C(OCCCCCCCCOc1ccccc1[N+](=O)[O-])c1ccccc1B(O)O.[Cl-]. The first-order valence-corrected chi connectivity index (χ1v) is 22.5. The van der Waals surface area contributed by atoms with Gasteiger partial charge in [0.25, 0.3) is 0 Å². The number of quaternary nitrogens is 1. The third-order valence-corrected chi connectivity index (χ3v) is 10.7. The Kier molecular flexibility index (Phi) is 34.7. The summed E-state index contributed by atoms with van der Waals surface area (Å²) >= 11 is 0. The van der Waals surface area contributed by atoms with E-state index < -0.39 is 18.0 Å². The molecule has 0 saturated heterocycles. The number of esters is 1. The molecule has 9 nitrogen and oxygen atoms in total. The molecule has 0 atom stereocenters. The van der Waals surface area contributed by atoms with Crippen LogP contribution < -0.4 is 22.6 Å². The van der Waals surface area contributed by atoms with Crippen LogP contribution in [0.4, 0.5) is 5.69 Å². The van der Waals surface area contributed by atoms with Crippen molar-refractivity contribution in [2.24, 2.45) is 0 Å². The summed E-state index contributed by atoms with van der Waals surface area (Å²) in [6.07, 6.45) is 31.2. The van der Waals surface area contributed by atoms with Gasteiger partial charge in [0.05, 0.1) is 50.4 Å². The standard InChI is InChI=1S/C25H54N.C21H26BNO7.ClH/c1-5-8-11-14-17-20-23-26(4,24-21-18-15-12-9-6-2)25-22-19-16-13-10-7-3;24-21(17-11-5-6-12-18(17)22(25)26)30-16-10-4-2-1-3-9-15-29-20-14-8-7-13-19(20)23(27)28;/h5-25H2,1-4H3;5-8,11-14,25-26H,1-4,9-10,15-16H2;1H/q+1;;/p-1. The lowest BCUT2D eigenvalue weighted by atomic mass is 9.77. The molecular formula is C46H80BClN2O7. The highest BCUT2D eigenvalue weighted by Crippen LogP contribution is 2.26. The topological polar surface area (TPSA) is 119 Å². The number of nitro benzene ring substituents is 1. The van der Waals surface area contributed by atoms with E-state index in [4.69, 9.17) is 9.47 Å². The quantitative estimate of drug-likeness (QED) is 0.0182. The van der Waals surface area contributed by atoms with Gasteiger partial charge in [-0.2, -0.15) is 0 Å². The van der Waals surface area contributed by atoms with E-state index in [-0.39, 0.29) is 35.7 Å². The summed E-state index contributed by atoms with van der Waals surface area (Å²) in [5, 5.41) is 29.5. The first kappa shape index (κ1) is 54.3. The van der Waals surface area contributed by atoms with Crippen LogP contribution in [0.15, 0.2) is 48.5 Å². The first-order valence-electron chi connectivity index (χ1n) is 22.5. The number of para-hydroxylation sites is 2. The molecule has 2 aromatic carbocycles. The second-order valence-corrected chi connectivity index (χ2v) is 15.9. The summed E-state index contributed by atoms with van der Waals surface area (Å²) in [6, 6.07) is 12.6. The molecule has 11 heteroatoms. The largest absolute Gasteiger partial charge is 1.00 e. The van der Waals surface area contributed by atoms with E-state index in [1.165, 1.54) is 158 Å². The second kappa shape index (κ2) is 36.4. The van der Waals surface area contributed by atoms with Crippen molar-refractivity contribution in [1.29, 1.82) is 0 Å². The van der Waals surface area contributed by atoms with Crippen molar-refractivity contribution in [3.8, 4) is 5.75 Å². The molecule has 0 heterocycles. The Labute approximate surface area is 354 Å². The van der Waals surface area contributed by atoms with E-state index in [2.05, 4.69) is 27.8 Å². The Morgan fingerprint density at radius 2 is 1.02 bits per heavy atom. The van der Waals surface area contributed by atoms with Gasteiger partial charge >= 0.3 is 18.8 Å². The fourth-order valence-electron chi connectivity index (χ4n) is 7.13. The fraction of sp³-hybridized carbons (Fsp3) is 0.717. The number of ether oxygens (including phenoxy) is 2. The molecule has 57 heavy (non-hydrogen) atoms. The van der Waals surface area contributed by atoms with Gasteiger partial charge in [-0.05, 0) is 69.0 Å². The third-order valence-electron chi connectivity index (χ3n) is 10.7. The van der Waals surface area contributed by atoms with Gasteiger partial charge in [0.15, 0.2) is 5.75 Å². The van der Waals surface area contributed by atoms with E-state index in [0.717, 1.165) is 38.5 Å². The number of benzene rings is 2. The zero-order chi connectivity index (χ0) is 41.1. The van der Waals surface area contributed by atoms with Crippen LogP contribution in [0, 0.1) is 10.1 Å². The molecule has 2 rings (SSSR count). The van der Waals surface area contributed by atoms with Gasteiger partial charge in [-0.3, -0.25) is 10.1 Å². The molecule has 0 fully saturated rings. The van der Waals surface area contributed by atoms with Crippen molar-refractivity contribution in [1.82, 2.24) is 0 Å². The summed E-state index contributed by atoms with van der Waals surface area (Å²) in [4.78, 5) is 22.5. The van der Waals surface area contributed by atoms with Crippen molar-refractivity contribution < 1.29 is 46.1 Å². The number of rotatable bonds is 34.